The number of carbonyl (C=O) groups excluding carboxylic acids is 1. The van der Waals surface area contributed by atoms with E-state index in [1.165, 1.54) is 0 Å². The number of nitrogens with one attached hydrogen (secondary N) is 2. The van der Waals surface area contributed by atoms with Gasteiger partial charge in [-0.25, -0.2) is 4.79 Å². The van der Waals surface area contributed by atoms with E-state index in [-0.39, 0.29) is 17.1 Å². The summed E-state index contributed by atoms with van der Waals surface area (Å²) in [5, 5.41) is 12.1. The predicted molar refractivity (Wildman–Crippen MR) is 71.6 cm³/mol. The van der Waals surface area contributed by atoms with Gasteiger partial charge in [-0.05, 0) is 45.1 Å². The highest BCUT2D eigenvalue weighted by Gasteiger charge is 2.37. The zero-order valence-corrected chi connectivity index (χ0v) is 11.6. The number of hydrogen-bond acceptors (Lipinski definition) is 2. The summed E-state index contributed by atoms with van der Waals surface area (Å²) in [6.45, 7) is 5.47. The molecule has 19 heavy (non-hydrogen) atoms. The molecule has 0 aromatic carbocycles. The first-order valence-corrected chi connectivity index (χ1v) is 6.65. The maximum Gasteiger partial charge on any atom is 0.352 e. The van der Waals surface area contributed by atoms with Crippen molar-refractivity contribution in [1.82, 2.24) is 10.3 Å². The van der Waals surface area contributed by atoms with Gasteiger partial charge in [0, 0.05) is 11.2 Å². The summed E-state index contributed by atoms with van der Waals surface area (Å²) in [5.41, 5.74) is 1.60. The minimum atomic E-state index is -1.03. The highest BCUT2D eigenvalue weighted by Crippen LogP contribution is 2.35. The van der Waals surface area contributed by atoms with E-state index >= 15 is 0 Å². The lowest BCUT2D eigenvalue weighted by atomic mass is 9.74. The molecule has 1 heterocycles. The van der Waals surface area contributed by atoms with E-state index in [2.05, 4.69) is 17.2 Å². The van der Waals surface area contributed by atoms with E-state index in [0.717, 1.165) is 25.7 Å². The Labute approximate surface area is 112 Å². The predicted octanol–water partition coefficient (Wildman–Crippen LogP) is 2.39. The fourth-order valence-electron chi connectivity index (χ4n) is 2.78. The van der Waals surface area contributed by atoms with Crippen LogP contribution in [0.5, 0.6) is 0 Å². The maximum atomic E-state index is 12.4. The van der Waals surface area contributed by atoms with Crippen molar-refractivity contribution in [3.8, 4) is 0 Å². The van der Waals surface area contributed by atoms with Gasteiger partial charge < -0.3 is 15.4 Å². The smallest absolute Gasteiger partial charge is 0.352 e. The summed E-state index contributed by atoms with van der Waals surface area (Å²) in [4.78, 5) is 26.2. The monoisotopic (exact) mass is 264 g/mol. The number of aromatic nitrogens is 1. The molecule has 0 bridgehead atoms. The topological polar surface area (TPSA) is 82.2 Å². The molecular weight excluding hydrogens is 244 g/mol. The minimum absolute atomic E-state index is 0.0867. The molecule has 2 rings (SSSR count). The molecule has 0 unspecified atom stereocenters. The molecule has 0 spiro atoms. The molecule has 3 N–H and O–H groups in total. The van der Waals surface area contributed by atoms with Crippen LogP contribution in [0.2, 0.25) is 0 Å². The van der Waals surface area contributed by atoms with Gasteiger partial charge in [0.05, 0.1) is 5.56 Å². The van der Waals surface area contributed by atoms with Crippen molar-refractivity contribution in [1.29, 1.82) is 0 Å². The van der Waals surface area contributed by atoms with Crippen LogP contribution in [-0.2, 0) is 0 Å². The molecule has 104 valence electrons. The molecule has 1 aliphatic rings. The van der Waals surface area contributed by atoms with Gasteiger partial charge in [0.1, 0.15) is 5.69 Å². The van der Waals surface area contributed by atoms with Crippen LogP contribution in [0.3, 0.4) is 0 Å². The maximum absolute atomic E-state index is 12.4. The number of carboxylic acids is 1. The lowest BCUT2D eigenvalue weighted by Gasteiger charge is -2.42. The molecule has 5 nitrogen and oxygen atoms in total. The first-order chi connectivity index (χ1) is 8.90. The van der Waals surface area contributed by atoms with Crippen LogP contribution >= 0.6 is 0 Å². The van der Waals surface area contributed by atoms with Crippen molar-refractivity contribution in [3.63, 3.8) is 0 Å². The van der Waals surface area contributed by atoms with Crippen molar-refractivity contribution < 1.29 is 14.7 Å². The van der Waals surface area contributed by atoms with Crippen LogP contribution in [0, 0.1) is 13.8 Å². The highest BCUT2D eigenvalue weighted by atomic mass is 16.4. The Kier molecular flexibility index (Phi) is 3.39. The highest BCUT2D eigenvalue weighted by molar-refractivity contribution is 6.01. The standard InChI is InChI=1S/C14H20N2O3/c1-4-14(6-5-7-14)16-12(17)10-8(2)11(13(18)19)15-9(10)3/h15H,4-7H2,1-3H3,(H,16,17)(H,18,19). The van der Waals surface area contributed by atoms with Crippen molar-refractivity contribution >= 4 is 11.9 Å². The fourth-order valence-corrected chi connectivity index (χ4v) is 2.78. The second kappa shape index (κ2) is 4.72. The largest absolute Gasteiger partial charge is 0.477 e. The minimum Gasteiger partial charge on any atom is -0.477 e. The number of aromatic amines is 1. The van der Waals surface area contributed by atoms with Crippen molar-refractivity contribution in [2.75, 3.05) is 0 Å². The SMILES string of the molecule is CCC1(NC(=O)c2c(C)[nH]c(C(=O)O)c2C)CCC1. The summed E-state index contributed by atoms with van der Waals surface area (Å²) in [7, 11) is 0. The normalized spacial score (nSPS) is 16.8. The van der Waals surface area contributed by atoms with E-state index in [9.17, 15) is 9.59 Å². The number of rotatable bonds is 4. The summed E-state index contributed by atoms with van der Waals surface area (Å²) < 4.78 is 0. The van der Waals surface area contributed by atoms with Gasteiger partial charge in [-0.1, -0.05) is 6.92 Å². The molecule has 1 amide bonds. The van der Waals surface area contributed by atoms with Crippen LogP contribution in [0.4, 0.5) is 0 Å². The van der Waals surface area contributed by atoms with Gasteiger partial charge in [-0.3, -0.25) is 4.79 Å². The van der Waals surface area contributed by atoms with Gasteiger partial charge >= 0.3 is 5.97 Å². The van der Waals surface area contributed by atoms with Crippen LogP contribution in [0.25, 0.3) is 0 Å². The van der Waals surface area contributed by atoms with Crippen molar-refractivity contribution in [2.24, 2.45) is 0 Å². The number of aryl methyl sites for hydroxylation is 1. The van der Waals surface area contributed by atoms with E-state index < -0.39 is 5.97 Å². The van der Waals surface area contributed by atoms with Gasteiger partial charge in [0.2, 0.25) is 0 Å². The molecule has 0 saturated heterocycles. The number of aromatic carboxylic acids is 1. The van der Waals surface area contributed by atoms with Crippen molar-refractivity contribution in [3.05, 3.63) is 22.5 Å². The van der Waals surface area contributed by atoms with Gasteiger partial charge in [0.15, 0.2) is 0 Å². The lowest BCUT2D eigenvalue weighted by Crippen LogP contribution is -2.53. The first kappa shape index (κ1) is 13.6. The molecule has 1 aromatic rings. The van der Waals surface area contributed by atoms with E-state index in [1.807, 2.05) is 0 Å². The van der Waals surface area contributed by atoms with Crippen LogP contribution in [0.15, 0.2) is 0 Å². The van der Waals surface area contributed by atoms with Crippen LogP contribution in [0.1, 0.15) is 64.7 Å². The first-order valence-electron chi connectivity index (χ1n) is 6.65. The molecule has 0 radical (unpaired) electrons. The average molecular weight is 264 g/mol. The number of H-pyrrole nitrogens is 1. The zero-order chi connectivity index (χ0) is 14.2. The summed E-state index contributed by atoms with van der Waals surface area (Å²) >= 11 is 0. The van der Waals surface area contributed by atoms with Gasteiger partial charge in [-0.15, -0.1) is 0 Å². The Morgan fingerprint density at radius 2 is 2.00 bits per heavy atom. The van der Waals surface area contributed by atoms with Gasteiger partial charge in [-0.2, -0.15) is 0 Å². The Bertz CT molecular complexity index is 522. The number of hydrogen-bond donors (Lipinski definition) is 3. The molecule has 1 aliphatic carbocycles. The summed E-state index contributed by atoms with van der Waals surface area (Å²) in [6, 6.07) is 0. The van der Waals surface area contributed by atoms with Gasteiger partial charge in [0.25, 0.3) is 5.91 Å². The van der Waals surface area contributed by atoms with Crippen molar-refractivity contribution in [2.45, 2.75) is 52.0 Å². The summed E-state index contributed by atoms with van der Waals surface area (Å²) in [5.74, 6) is -1.20. The van der Waals surface area contributed by atoms with E-state index in [4.69, 9.17) is 5.11 Å². The number of carbonyl (C=O) groups is 2. The molecule has 1 aromatic heterocycles. The molecule has 0 atom stereocenters. The molecular formula is C14H20N2O3. The van der Waals surface area contributed by atoms with Crippen LogP contribution < -0.4 is 5.32 Å². The lowest BCUT2D eigenvalue weighted by molar-refractivity contribution is 0.0690. The third-order valence-electron chi connectivity index (χ3n) is 4.24. The second-order valence-corrected chi connectivity index (χ2v) is 5.37. The zero-order valence-electron chi connectivity index (χ0n) is 11.6. The number of amides is 1. The summed E-state index contributed by atoms with van der Waals surface area (Å²) in [6.07, 6.45) is 4.06. The van der Waals surface area contributed by atoms with E-state index in [1.54, 1.807) is 13.8 Å². The fraction of sp³-hybridized carbons (Fsp3) is 0.571. The third-order valence-corrected chi connectivity index (χ3v) is 4.24. The number of carboxylic acid groups (broad SMARTS) is 1. The van der Waals surface area contributed by atoms with E-state index in [0.29, 0.717) is 16.8 Å². The average Bonchev–Trinajstić information content (AvgIpc) is 2.59. The quantitative estimate of drug-likeness (QED) is 0.781. The Morgan fingerprint density at radius 1 is 1.37 bits per heavy atom. The molecule has 5 heteroatoms. The molecule has 1 saturated carbocycles. The third kappa shape index (κ3) is 2.25. The second-order valence-electron chi connectivity index (χ2n) is 5.37. The molecule has 1 fully saturated rings. The Hall–Kier alpha value is -1.78. The van der Waals surface area contributed by atoms with Crippen LogP contribution in [-0.4, -0.2) is 27.5 Å². The molecule has 0 aliphatic heterocycles. The Morgan fingerprint density at radius 3 is 2.37 bits per heavy atom. The Balaban J connectivity index is 2.27.